The number of aromatic nitrogens is 1. The number of fused-ring (bicyclic) bond motifs is 1. The number of nitrogens with zero attached hydrogens (tertiary/aromatic N) is 1. The first-order valence-corrected chi connectivity index (χ1v) is 9.98. The number of amides is 1. The summed E-state index contributed by atoms with van der Waals surface area (Å²) in [5.74, 6) is -0.0613. The lowest BCUT2D eigenvalue weighted by atomic mass is 10.0. The Kier molecular flexibility index (Phi) is 7.01. The monoisotopic (exact) mass is 406 g/mol. The van der Waals surface area contributed by atoms with Crippen molar-refractivity contribution in [2.45, 2.75) is 26.7 Å². The van der Waals surface area contributed by atoms with E-state index in [2.05, 4.69) is 10.3 Å². The number of pyridine rings is 1. The number of para-hydroxylation sites is 1. The average molecular weight is 406 g/mol. The molecule has 0 radical (unpaired) electrons. The summed E-state index contributed by atoms with van der Waals surface area (Å²) in [5, 5.41) is 3.68. The summed E-state index contributed by atoms with van der Waals surface area (Å²) >= 11 is 0. The van der Waals surface area contributed by atoms with Gasteiger partial charge in [0.15, 0.2) is 6.61 Å². The first-order chi connectivity index (χ1) is 14.5. The Morgan fingerprint density at radius 2 is 1.80 bits per heavy atom. The maximum atomic E-state index is 12.7. The number of rotatable bonds is 8. The number of benzene rings is 2. The molecule has 0 bridgehead atoms. The van der Waals surface area contributed by atoms with Crippen LogP contribution in [0.4, 0.5) is 0 Å². The van der Waals surface area contributed by atoms with Gasteiger partial charge in [0.1, 0.15) is 5.75 Å². The largest absolute Gasteiger partial charge is 0.497 e. The third kappa shape index (κ3) is 4.95. The van der Waals surface area contributed by atoms with Gasteiger partial charge < -0.3 is 14.8 Å². The SMILES string of the molecule is CCc1nc2ccccc2c(C)c1C(=O)OCC(=O)NCCc1ccc(OC)cc1. The van der Waals surface area contributed by atoms with Crippen LogP contribution in [0.3, 0.4) is 0 Å². The summed E-state index contributed by atoms with van der Waals surface area (Å²) in [6.07, 6.45) is 1.28. The molecule has 30 heavy (non-hydrogen) atoms. The molecule has 6 nitrogen and oxygen atoms in total. The zero-order valence-electron chi connectivity index (χ0n) is 17.5. The van der Waals surface area contributed by atoms with Gasteiger partial charge >= 0.3 is 5.97 Å². The van der Waals surface area contributed by atoms with E-state index in [0.717, 1.165) is 27.8 Å². The topological polar surface area (TPSA) is 77.5 Å². The molecule has 0 spiro atoms. The minimum absolute atomic E-state index is 0.323. The smallest absolute Gasteiger partial charge is 0.340 e. The second-order valence-corrected chi connectivity index (χ2v) is 6.95. The molecule has 6 heteroatoms. The Hall–Kier alpha value is -3.41. The predicted octanol–water partition coefficient (Wildman–Crippen LogP) is 3.63. The maximum Gasteiger partial charge on any atom is 0.340 e. The molecule has 0 aliphatic rings. The van der Waals surface area contributed by atoms with Crippen LogP contribution in [0.25, 0.3) is 10.9 Å². The van der Waals surface area contributed by atoms with Crippen LogP contribution in [0, 0.1) is 6.92 Å². The van der Waals surface area contributed by atoms with Crippen LogP contribution in [0.5, 0.6) is 5.75 Å². The van der Waals surface area contributed by atoms with Crippen molar-refractivity contribution in [1.29, 1.82) is 0 Å². The van der Waals surface area contributed by atoms with Crippen molar-refractivity contribution in [2.24, 2.45) is 0 Å². The van der Waals surface area contributed by atoms with Crippen LogP contribution in [-0.4, -0.2) is 37.1 Å². The molecule has 1 amide bonds. The van der Waals surface area contributed by atoms with Crippen LogP contribution in [0.2, 0.25) is 0 Å². The maximum absolute atomic E-state index is 12.7. The molecule has 0 atom stereocenters. The summed E-state index contributed by atoms with van der Waals surface area (Å²) in [7, 11) is 1.62. The molecule has 1 N–H and O–H groups in total. The van der Waals surface area contributed by atoms with Gasteiger partial charge in [-0.1, -0.05) is 37.3 Å². The van der Waals surface area contributed by atoms with Crippen molar-refractivity contribution in [2.75, 3.05) is 20.3 Å². The Morgan fingerprint density at radius 3 is 2.50 bits per heavy atom. The van der Waals surface area contributed by atoms with E-state index in [0.29, 0.717) is 30.6 Å². The van der Waals surface area contributed by atoms with Gasteiger partial charge in [0, 0.05) is 11.9 Å². The summed E-state index contributed by atoms with van der Waals surface area (Å²) in [4.78, 5) is 29.4. The molecule has 2 aromatic carbocycles. The molecule has 3 aromatic rings. The highest BCUT2D eigenvalue weighted by Gasteiger charge is 2.20. The molecule has 0 unspecified atom stereocenters. The van der Waals surface area contributed by atoms with Gasteiger partial charge in [0.05, 0.1) is 23.9 Å². The summed E-state index contributed by atoms with van der Waals surface area (Å²) in [5.41, 5.74) is 3.87. The summed E-state index contributed by atoms with van der Waals surface area (Å²) in [6, 6.07) is 15.3. The predicted molar refractivity (Wildman–Crippen MR) is 116 cm³/mol. The van der Waals surface area contributed by atoms with Gasteiger partial charge in [-0.2, -0.15) is 0 Å². The molecule has 0 fully saturated rings. The Balaban J connectivity index is 1.57. The highest BCUT2D eigenvalue weighted by Crippen LogP contribution is 2.24. The van der Waals surface area contributed by atoms with E-state index in [9.17, 15) is 9.59 Å². The first-order valence-electron chi connectivity index (χ1n) is 9.98. The average Bonchev–Trinajstić information content (AvgIpc) is 2.77. The van der Waals surface area contributed by atoms with Gasteiger partial charge in [-0.05, 0) is 49.1 Å². The number of nitrogens with one attached hydrogen (secondary N) is 1. The highest BCUT2D eigenvalue weighted by molar-refractivity contribution is 5.99. The van der Waals surface area contributed by atoms with Crippen LogP contribution >= 0.6 is 0 Å². The third-order valence-corrected chi connectivity index (χ3v) is 5.00. The van der Waals surface area contributed by atoms with Crippen molar-refractivity contribution >= 4 is 22.8 Å². The van der Waals surface area contributed by atoms with Crippen molar-refractivity contribution in [3.8, 4) is 5.75 Å². The fourth-order valence-corrected chi connectivity index (χ4v) is 3.36. The second-order valence-electron chi connectivity index (χ2n) is 6.95. The van der Waals surface area contributed by atoms with Crippen LogP contribution in [0.15, 0.2) is 48.5 Å². The van der Waals surface area contributed by atoms with Crippen LogP contribution < -0.4 is 10.1 Å². The lowest BCUT2D eigenvalue weighted by Crippen LogP contribution is -2.30. The molecular weight excluding hydrogens is 380 g/mol. The minimum Gasteiger partial charge on any atom is -0.497 e. The Morgan fingerprint density at radius 1 is 1.07 bits per heavy atom. The number of methoxy groups -OCH3 is 1. The number of carbonyl (C=O) groups is 2. The van der Waals surface area contributed by atoms with E-state index in [1.807, 2.05) is 62.4 Å². The van der Waals surface area contributed by atoms with Gasteiger partial charge in [0.25, 0.3) is 5.91 Å². The minimum atomic E-state index is -0.520. The first kappa shape index (κ1) is 21.3. The summed E-state index contributed by atoms with van der Waals surface area (Å²) < 4.78 is 10.4. The second kappa shape index (κ2) is 9.87. The van der Waals surface area contributed by atoms with E-state index in [4.69, 9.17) is 9.47 Å². The highest BCUT2D eigenvalue weighted by atomic mass is 16.5. The fourth-order valence-electron chi connectivity index (χ4n) is 3.36. The number of hydrogen-bond donors (Lipinski definition) is 1. The normalized spacial score (nSPS) is 10.6. The van der Waals surface area contributed by atoms with Gasteiger partial charge in [-0.3, -0.25) is 9.78 Å². The molecule has 0 aliphatic carbocycles. The summed E-state index contributed by atoms with van der Waals surface area (Å²) in [6.45, 7) is 3.96. The van der Waals surface area contributed by atoms with Gasteiger partial charge in [0.2, 0.25) is 0 Å². The van der Waals surface area contributed by atoms with Crippen molar-refractivity contribution in [3.63, 3.8) is 0 Å². The molecule has 1 heterocycles. The van der Waals surface area contributed by atoms with Gasteiger partial charge in [-0.15, -0.1) is 0 Å². The molecule has 3 rings (SSSR count). The van der Waals surface area contributed by atoms with E-state index < -0.39 is 5.97 Å². The van der Waals surface area contributed by atoms with Crippen LogP contribution in [-0.2, 0) is 22.4 Å². The van der Waals surface area contributed by atoms with Gasteiger partial charge in [-0.25, -0.2) is 4.79 Å². The number of ether oxygens (including phenoxy) is 2. The molecule has 0 saturated heterocycles. The van der Waals surface area contributed by atoms with E-state index in [1.165, 1.54) is 0 Å². The quantitative estimate of drug-likeness (QED) is 0.578. The number of carbonyl (C=O) groups excluding carboxylic acids is 2. The van der Waals surface area contributed by atoms with E-state index in [-0.39, 0.29) is 12.5 Å². The molecular formula is C24H26N2O4. The van der Waals surface area contributed by atoms with E-state index in [1.54, 1.807) is 7.11 Å². The number of aryl methyl sites for hydroxylation is 2. The zero-order valence-corrected chi connectivity index (χ0v) is 17.5. The van der Waals surface area contributed by atoms with Crippen molar-refractivity contribution in [1.82, 2.24) is 10.3 Å². The van der Waals surface area contributed by atoms with Crippen molar-refractivity contribution in [3.05, 3.63) is 70.9 Å². The molecule has 1 aromatic heterocycles. The lowest BCUT2D eigenvalue weighted by molar-refractivity contribution is -0.124. The number of esters is 1. The Bertz CT molecular complexity index is 1050. The molecule has 0 saturated carbocycles. The fraction of sp³-hybridized carbons (Fsp3) is 0.292. The Labute approximate surface area is 176 Å². The van der Waals surface area contributed by atoms with E-state index >= 15 is 0 Å². The molecule has 0 aliphatic heterocycles. The van der Waals surface area contributed by atoms with Crippen molar-refractivity contribution < 1.29 is 19.1 Å². The number of hydrogen-bond acceptors (Lipinski definition) is 5. The zero-order chi connectivity index (χ0) is 21.5. The lowest BCUT2D eigenvalue weighted by Gasteiger charge is -2.13. The standard InChI is InChI=1S/C24H26N2O4/c1-4-20-23(16(2)19-7-5-6-8-21(19)26-20)24(28)30-15-22(27)25-14-13-17-9-11-18(29-3)12-10-17/h5-12H,4,13-15H2,1-3H3,(H,25,27). The third-order valence-electron chi connectivity index (χ3n) is 5.00. The molecule has 156 valence electrons. The van der Waals surface area contributed by atoms with Crippen LogP contribution in [0.1, 0.15) is 34.1 Å².